The van der Waals surface area contributed by atoms with Crippen LogP contribution >= 0.6 is 0 Å². The van der Waals surface area contributed by atoms with E-state index in [4.69, 9.17) is 0 Å². The number of benzene rings is 2. The lowest BCUT2D eigenvalue weighted by molar-refractivity contribution is 0.102. The monoisotopic (exact) mass is 472 g/mol. The summed E-state index contributed by atoms with van der Waals surface area (Å²) in [6, 6.07) is 13.7. The van der Waals surface area contributed by atoms with Crippen LogP contribution in [0.3, 0.4) is 0 Å². The molecule has 5 rings (SSSR count). The largest absolute Gasteiger partial charge is 0.319 e. The van der Waals surface area contributed by atoms with Gasteiger partial charge in [0.05, 0.1) is 34.2 Å². The number of fused-ring (bicyclic) bond motifs is 1. The predicted molar refractivity (Wildman–Crippen MR) is 128 cm³/mol. The molecule has 3 heterocycles. The van der Waals surface area contributed by atoms with Gasteiger partial charge < -0.3 is 5.32 Å². The van der Waals surface area contributed by atoms with Crippen molar-refractivity contribution in [3.05, 3.63) is 107 Å². The lowest BCUT2D eigenvalue weighted by Crippen LogP contribution is -2.15. The molecule has 0 spiro atoms. The Morgan fingerprint density at radius 3 is 2.49 bits per heavy atom. The van der Waals surface area contributed by atoms with E-state index in [1.807, 2.05) is 6.07 Å². The average Bonchev–Trinajstić information content (AvgIpc) is 3.27. The van der Waals surface area contributed by atoms with Gasteiger partial charge >= 0.3 is 0 Å². The molecule has 2 aromatic carbocycles. The first-order valence-corrected chi connectivity index (χ1v) is 10.8. The number of amides is 1. The number of imidazole rings is 1. The van der Waals surface area contributed by atoms with Crippen molar-refractivity contribution < 1.29 is 18.0 Å². The van der Waals surface area contributed by atoms with Crippen molar-refractivity contribution in [2.75, 3.05) is 5.32 Å². The minimum Gasteiger partial charge on any atom is -0.319 e. The standard InChI is InChI=1S/C27H19F3N4O/c1-15-8-9-23(22(29)11-15)33-27(35)20-12-17(13-31-16(20)2)18-6-4-10-34-24(18)14-32-26(34)19-5-3-7-21(28)25(19)30/h3-14H,1-2H3,(H,33,35). The second-order valence-corrected chi connectivity index (χ2v) is 8.15. The van der Waals surface area contributed by atoms with E-state index in [1.165, 1.54) is 24.3 Å². The average molecular weight is 472 g/mol. The van der Waals surface area contributed by atoms with Crippen molar-refractivity contribution in [2.45, 2.75) is 13.8 Å². The lowest BCUT2D eigenvalue weighted by atomic mass is 10.0. The first kappa shape index (κ1) is 22.3. The quantitative estimate of drug-likeness (QED) is 0.332. The molecule has 0 unspecified atom stereocenters. The van der Waals surface area contributed by atoms with Gasteiger partial charge in [0.1, 0.15) is 11.6 Å². The molecule has 0 aliphatic heterocycles. The molecular weight excluding hydrogens is 453 g/mol. The van der Waals surface area contributed by atoms with Gasteiger partial charge in [0.2, 0.25) is 0 Å². The van der Waals surface area contributed by atoms with E-state index >= 15 is 0 Å². The first-order valence-electron chi connectivity index (χ1n) is 10.8. The molecule has 35 heavy (non-hydrogen) atoms. The molecular formula is C27H19F3N4O. The summed E-state index contributed by atoms with van der Waals surface area (Å²) in [5, 5.41) is 2.60. The molecule has 0 atom stereocenters. The number of halogens is 3. The summed E-state index contributed by atoms with van der Waals surface area (Å²) in [5.41, 5.74) is 3.52. The second kappa shape index (κ2) is 8.72. The van der Waals surface area contributed by atoms with Crippen molar-refractivity contribution in [1.82, 2.24) is 14.4 Å². The number of hydrogen-bond donors (Lipinski definition) is 1. The number of aromatic nitrogens is 3. The third-order valence-electron chi connectivity index (χ3n) is 5.78. The van der Waals surface area contributed by atoms with E-state index in [2.05, 4.69) is 15.3 Å². The highest BCUT2D eigenvalue weighted by Gasteiger charge is 2.18. The molecule has 1 amide bonds. The van der Waals surface area contributed by atoms with Gasteiger partial charge in [0.15, 0.2) is 11.6 Å². The zero-order valence-electron chi connectivity index (χ0n) is 18.8. The molecule has 0 saturated carbocycles. The topological polar surface area (TPSA) is 59.3 Å². The Kier molecular flexibility index (Phi) is 5.56. The van der Waals surface area contributed by atoms with Crippen LogP contribution in [0.4, 0.5) is 18.9 Å². The summed E-state index contributed by atoms with van der Waals surface area (Å²) in [5.74, 6) is -2.72. The Hall–Kier alpha value is -4.46. The zero-order valence-corrected chi connectivity index (χ0v) is 18.8. The molecule has 5 nitrogen and oxygen atoms in total. The molecule has 174 valence electrons. The summed E-state index contributed by atoms with van der Waals surface area (Å²) < 4.78 is 44.1. The molecule has 0 radical (unpaired) electrons. The SMILES string of the molecule is Cc1ccc(NC(=O)c2cc(-c3cccn4c(-c5cccc(F)c5F)ncc34)cnc2C)c(F)c1. The number of hydrogen-bond acceptors (Lipinski definition) is 3. The molecule has 1 N–H and O–H groups in total. The number of aryl methyl sites for hydroxylation is 2. The smallest absolute Gasteiger partial charge is 0.257 e. The summed E-state index contributed by atoms with van der Waals surface area (Å²) in [6.07, 6.45) is 4.86. The van der Waals surface area contributed by atoms with Crippen molar-refractivity contribution in [3.8, 4) is 22.5 Å². The summed E-state index contributed by atoms with van der Waals surface area (Å²) in [4.78, 5) is 21.6. The van der Waals surface area contributed by atoms with Crippen LogP contribution in [0, 0.1) is 31.3 Å². The number of nitrogens with one attached hydrogen (secondary N) is 1. The van der Waals surface area contributed by atoms with E-state index < -0.39 is 23.4 Å². The first-order chi connectivity index (χ1) is 16.8. The lowest BCUT2D eigenvalue weighted by Gasteiger charge is -2.11. The van der Waals surface area contributed by atoms with E-state index in [-0.39, 0.29) is 22.6 Å². The Labute approximate surface area is 198 Å². The Balaban J connectivity index is 1.56. The fraction of sp³-hybridized carbons (Fsp3) is 0.0741. The Morgan fingerprint density at radius 1 is 0.886 bits per heavy atom. The van der Waals surface area contributed by atoms with Gasteiger partial charge in [-0.3, -0.25) is 14.2 Å². The molecule has 0 fully saturated rings. The summed E-state index contributed by atoms with van der Waals surface area (Å²) in [6.45, 7) is 3.45. The number of rotatable bonds is 4. The molecule has 5 aromatic rings. The third kappa shape index (κ3) is 4.03. The van der Waals surface area contributed by atoms with Gasteiger partial charge in [0.25, 0.3) is 5.91 Å². The van der Waals surface area contributed by atoms with Crippen LogP contribution in [0.25, 0.3) is 28.0 Å². The predicted octanol–water partition coefficient (Wildman–Crippen LogP) is 6.35. The van der Waals surface area contributed by atoms with Crippen molar-refractivity contribution >= 4 is 17.1 Å². The summed E-state index contributed by atoms with van der Waals surface area (Å²) >= 11 is 0. The molecule has 0 bridgehead atoms. The summed E-state index contributed by atoms with van der Waals surface area (Å²) in [7, 11) is 0. The maximum absolute atomic E-state index is 14.4. The van der Waals surface area contributed by atoms with Gasteiger partial charge in [-0.25, -0.2) is 18.2 Å². The highest BCUT2D eigenvalue weighted by atomic mass is 19.2. The maximum atomic E-state index is 14.4. The maximum Gasteiger partial charge on any atom is 0.257 e. The van der Waals surface area contributed by atoms with E-state index in [0.29, 0.717) is 22.3 Å². The molecule has 0 aliphatic rings. The highest BCUT2D eigenvalue weighted by molar-refractivity contribution is 6.06. The molecule has 3 aromatic heterocycles. The van der Waals surface area contributed by atoms with Gasteiger partial charge in [-0.05, 0) is 55.8 Å². The van der Waals surface area contributed by atoms with Crippen LogP contribution in [-0.4, -0.2) is 20.3 Å². The van der Waals surface area contributed by atoms with Crippen molar-refractivity contribution in [2.24, 2.45) is 0 Å². The van der Waals surface area contributed by atoms with Crippen molar-refractivity contribution in [1.29, 1.82) is 0 Å². The van der Waals surface area contributed by atoms with Crippen LogP contribution < -0.4 is 5.32 Å². The Morgan fingerprint density at radius 2 is 1.69 bits per heavy atom. The normalized spacial score (nSPS) is 11.1. The van der Waals surface area contributed by atoms with Gasteiger partial charge in [-0.1, -0.05) is 18.2 Å². The fourth-order valence-electron chi connectivity index (χ4n) is 3.96. The van der Waals surface area contributed by atoms with Gasteiger partial charge in [0, 0.05) is 23.5 Å². The number of carbonyl (C=O) groups excluding carboxylic acids is 1. The molecule has 8 heteroatoms. The number of anilines is 1. The Bertz CT molecular complexity index is 1610. The molecule has 0 saturated heterocycles. The highest BCUT2D eigenvalue weighted by Crippen LogP contribution is 2.30. The number of nitrogens with zero attached hydrogens (tertiary/aromatic N) is 3. The number of pyridine rings is 2. The zero-order chi connectivity index (χ0) is 24.7. The van der Waals surface area contributed by atoms with Crippen LogP contribution in [0.5, 0.6) is 0 Å². The van der Waals surface area contributed by atoms with Crippen LogP contribution in [0.2, 0.25) is 0 Å². The second-order valence-electron chi connectivity index (χ2n) is 8.15. The van der Waals surface area contributed by atoms with E-state index in [1.54, 1.807) is 55.0 Å². The van der Waals surface area contributed by atoms with Crippen LogP contribution in [0.15, 0.2) is 73.2 Å². The molecule has 0 aliphatic carbocycles. The van der Waals surface area contributed by atoms with Gasteiger partial charge in [-0.2, -0.15) is 0 Å². The van der Waals surface area contributed by atoms with Crippen LogP contribution in [0.1, 0.15) is 21.6 Å². The number of carbonyl (C=O) groups is 1. The fourth-order valence-corrected chi connectivity index (χ4v) is 3.96. The minimum atomic E-state index is -0.982. The minimum absolute atomic E-state index is 0.0318. The van der Waals surface area contributed by atoms with Crippen LogP contribution in [-0.2, 0) is 0 Å². The third-order valence-corrected chi connectivity index (χ3v) is 5.78. The van der Waals surface area contributed by atoms with E-state index in [9.17, 15) is 18.0 Å². The van der Waals surface area contributed by atoms with Crippen molar-refractivity contribution in [3.63, 3.8) is 0 Å². The van der Waals surface area contributed by atoms with E-state index in [0.717, 1.165) is 11.6 Å². The van der Waals surface area contributed by atoms with Gasteiger partial charge in [-0.15, -0.1) is 0 Å².